The zero-order valence-electron chi connectivity index (χ0n) is 6.65. The highest BCUT2D eigenvalue weighted by Crippen LogP contribution is 2.17. The van der Waals surface area contributed by atoms with E-state index in [0.717, 1.165) is 0 Å². The molecule has 0 aromatic rings. The van der Waals surface area contributed by atoms with Crippen LogP contribution in [-0.4, -0.2) is 32.0 Å². The predicted molar refractivity (Wildman–Crippen MR) is 32.0 cm³/mol. The molecule has 9 heteroatoms. The van der Waals surface area contributed by atoms with Crippen LogP contribution in [0.4, 0.5) is 26.3 Å². The van der Waals surface area contributed by atoms with Gasteiger partial charge in [-0.25, -0.2) is 0 Å². The van der Waals surface area contributed by atoms with Crippen LogP contribution in [0.2, 0.25) is 0 Å². The average molecular weight is 227 g/mol. The molecule has 0 aliphatic rings. The SMILES string of the molecule is NC(OCC(F)(F)F)OCC(F)(F)F. The molecule has 0 rings (SSSR count). The Bertz CT molecular complexity index is 149. The van der Waals surface area contributed by atoms with E-state index in [1.807, 2.05) is 0 Å². The van der Waals surface area contributed by atoms with Gasteiger partial charge in [-0.2, -0.15) is 26.3 Å². The Kier molecular flexibility index (Phi) is 4.62. The molecule has 0 atom stereocenters. The minimum absolute atomic E-state index is 1.76. The molecule has 0 aromatic heterocycles. The van der Waals surface area contributed by atoms with Gasteiger partial charge >= 0.3 is 12.4 Å². The molecule has 2 N–H and O–H groups in total. The summed E-state index contributed by atoms with van der Waals surface area (Å²) in [7, 11) is 0. The van der Waals surface area contributed by atoms with Gasteiger partial charge in [-0.3, -0.25) is 5.73 Å². The lowest BCUT2D eigenvalue weighted by molar-refractivity contribution is -0.257. The van der Waals surface area contributed by atoms with Gasteiger partial charge in [-0.05, 0) is 0 Å². The molecule has 0 aromatic carbocycles. The molecule has 0 amide bonds. The van der Waals surface area contributed by atoms with Crippen molar-refractivity contribution in [3.05, 3.63) is 0 Å². The number of hydrogen-bond donors (Lipinski definition) is 1. The largest absolute Gasteiger partial charge is 0.411 e. The Morgan fingerprint density at radius 3 is 1.36 bits per heavy atom. The average Bonchev–Trinajstić information content (AvgIpc) is 1.94. The summed E-state index contributed by atoms with van der Waals surface area (Å²) in [4.78, 5) is 0. The van der Waals surface area contributed by atoms with Gasteiger partial charge in [0.25, 0.3) is 0 Å². The molecular formula is C5H7F6NO2. The van der Waals surface area contributed by atoms with Crippen molar-refractivity contribution in [3.8, 4) is 0 Å². The van der Waals surface area contributed by atoms with Crippen LogP contribution < -0.4 is 5.73 Å². The molecule has 86 valence electrons. The van der Waals surface area contributed by atoms with E-state index in [0.29, 0.717) is 0 Å². The van der Waals surface area contributed by atoms with E-state index in [-0.39, 0.29) is 0 Å². The van der Waals surface area contributed by atoms with Gasteiger partial charge in [0.05, 0.1) is 0 Å². The van der Waals surface area contributed by atoms with Crippen molar-refractivity contribution in [2.24, 2.45) is 5.73 Å². The summed E-state index contributed by atoms with van der Waals surface area (Å²) in [6.07, 6.45) is -11.4. The van der Waals surface area contributed by atoms with Crippen LogP contribution in [0, 0.1) is 0 Å². The van der Waals surface area contributed by atoms with Gasteiger partial charge in [-0.1, -0.05) is 0 Å². The van der Waals surface area contributed by atoms with E-state index >= 15 is 0 Å². The van der Waals surface area contributed by atoms with E-state index in [1.54, 1.807) is 0 Å². The molecule has 0 aliphatic carbocycles. The molecule has 0 radical (unpaired) electrons. The first kappa shape index (κ1) is 13.5. The maximum atomic E-state index is 11.4. The van der Waals surface area contributed by atoms with Crippen molar-refractivity contribution in [3.63, 3.8) is 0 Å². The summed E-state index contributed by atoms with van der Waals surface area (Å²) < 4.78 is 76.1. The number of rotatable bonds is 4. The van der Waals surface area contributed by atoms with Crippen LogP contribution in [0.3, 0.4) is 0 Å². The van der Waals surface area contributed by atoms with E-state index in [2.05, 4.69) is 15.2 Å². The summed E-state index contributed by atoms with van der Waals surface area (Å²) in [5.41, 5.74) is 4.64. The fourth-order valence-corrected chi connectivity index (χ4v) is 0.401. The maximum Gasteiger partial charge on any atom is 0.411 e. The first-order valence-electron chi connectivity index (χ1n) is 3.22. The van der Waals surface area contributed by atoms with E-state index in [1.165, 1.54) is 0 Å². The molecule has 0 aliphatic heterocycles. The van der Waals surface area contributed by atoms with Gasteiger partial charge in [0.1, 0.15) is 13.2 Å². The lowest BCUT2D eigenvalue weighted by Gasteiger charge is -2.15. The molecule has 0 heterocycles. The molecule has 0 saturated heterocycles. The normalized spacial score (nSPS) is 13.7. The van der Waals surface area contributed by atoms with Crippen molar-refractivity contribution < 1.29 is 35.8 Å². The third kappa shape index (κ3) is 9.55. The second kappa shape index (κ2) is 4.80. The summed E-state index contributed by atoms with van der Waals surface area (Å²) >= 11 is 0. The number of hydrogen-bond acceptors (Lipinski definition) is 3. The fraction of sp³-hybridized carbons (Fsp3) is 1.00. The second-order valence-electron chi connectivity index (χ2n) is 2.22. The van der Waals surface area contributed by atoms with Crippen LogP contribution >= 0.6 is 0 Å². The summed E-state index contributed by atoms with van der Waals surface area (Å²) in [5.74, 6) is 0. The maximum absolute atomic E-state index is 11.4. The molecule has 0 unspecified atom stereocenters. The Labute approximate surface area is 74.8 Å². The Morgan fingerprint density at radius 2 is 1.14 bits per heavy atom. The minimum atomic E-state index is -4.65. The topological polar surface area (TPSA) is 44.5 Å². The van der Waals surface area contributed by atoms with Gasteiger partial charge < -0.3 is 9.47 Å². The first-order valence-corrected chi connectivity index (χ1v) is 3.22. The van der Waals surface area contributed by atoms with Crippen LogP contribution in [0.5, 0.6) is 0 Å². The Morgan fingerprint density at radius 1 is 0.857 bits per heavy atom. The van der Waals surface area contributed by atoms with Crippen molar-refractivity contribution in [1.82, 2.24) is 0 Å². The smallest absolute Gasteiger partial charge is 0.330 e. The molecule has 3 nitrogen and oxygen atoms in total. The summed E-state index contributed by atoms with van der Waals surface area (Å²) in [6, 6.07) is 0. The molecule has 0 fully saturated rings. The van der Waals surface area contributed by atoms with E-state index in [9.17, 15) is 26.3 Å². The molecular weight excluding hydrogens is 220 g/mol. The van der Waals surface area contributed by atoms with Gasteiger partial charge in [0.15, 0.2) is 0 Å². The van der Waals surface area contributed by atoms with Crippen LogP contribution in [-0.2, 0) is 9.47 Å². The standard InChI is InChI=1S/C5H7F6NO2/c6-4(7,8)1-13-3(12)14-2-5(9,10)11/h3H,1-2,12H2. The van der Waals surface area contributed by atoms with Crippen LogP contribution in [0.25, 0.3) is 0 Å². The fourth-order valence-electron chi connectivity index (χ4n) is 0.401. The van der Waals surface area contributed by atoms with Gasteiger partial charge in [0, 0.05) is 0 Å². The zero-order chi connectivity index (χ0) is 11.4. The first-order chi connectivity index (χ1) is 6.10. The Hall–Kier alpha value is -0.540. The lowest BCUT2D eigenvalue weighted by Crippen LogP contribution is -2.34. The Balaban J connectivity index is 3.62. The number of alkyl halides is 6. The molecule has 0 saturated carbocycles. The lowest BCUT2D eigenvalue weighted by atomic mass is 10.7. The van der Waals surface area contributed by atoms with Gasteiger partial charge in [-0.15, -0.1) is 0 Å². The van der Waals surface area contributed by atoms with Crippen LogP contribution in [0.1, 0.15) is 0 Å². The number of nitrogens with two attached hydrogens (primary N) is 1. The van der Waals surface area contributed by atoms with Crippen molar-refractivity contribution in [2.75, 3.05) is 13.2 Å². The van der Waals surface area contributed by atoms with Crippen molar-refractivity contribution >= 4 is 0 Å². The third-order valence-electron chi connectivity index (χ3n) is 0.823. The monoisotopic (exact) mass is 227 g/mol. The quantitative estimate of drug-likeness (QED) is 0.583. The second-order valence-corrected chi connectivity index (χ2v) is 2.22. The summed E-state index contributed by atoms with van der Waals surface area (Å²) in [5, 5.41) is 0. The number of halogens is 6. The zero-order valence-corrected chi connectivity index (χ0v) is 6.65. The highest BCUT2D eigenvalue weighted by Gasteiger charge is 2.31. The van der Waals surface area contributed by atoms with Crippen molar-refractivity contribution in [2.45, 2.75) is 18.8 Å². The minimum Gasteiger partial charge on any atom is -0.330 e. The predicted octanol–water partition coefficient (Wildman–Crippen LogP) is 1.39. The number of ether oxygens (including phenoxy) is 2. The van der Waals surface area contributed by atoms with Crippen molar-refractivity contribution in [1.29, 1.82) is 0 Å². The third-order valence-corrected chi connectivity index (χ3v) is 0.823. The molecule has 0 bridgehead atoms. The van der Waals surface area contributed by atoms with Crippen LogP contribution in [0.15, 0.2) is 0 Å². The van der Waals surface area contributed by atoms with Gasteiger partial charge in [0.2, 0.25) is 6.41 Å². The van der Waals surface area contributed by atoms with E-state index in [4.69, 9.17) is 0 Å². The molecule has 0 spiro atoms. The highest BCUT2D eigenvalue weighted by atomic mass is 19.4. The molecule has 14 heavy (non-hydrogen) atoms. The summed E-state index contributed by atoms with van der Waals surface area (Å²) in [6.45, 7) is -3.52. The van der Waals surface area contributed by atoms with E-state index < -0.39 is 32.0 Å². The highest BCUT2D eigenvalue weighted by molar-refractivity contribution is 4.48.